The first-order valence-electron chi connectivity index (χ1n) is 7.94. The highest BCUT2D eigenvalue weighted by atomic mass is 19.1. The second-order valence-corrected chi connectivity index (χ2v) is 5.66. The molecule has 1 fully saturated rings. The quantitative estimate of drug-likeness (QED) is 0.913. The molecule has 0 spiro atoms. The van der Waals surface area contributed by atoms with Gasteiger partial charge in [0.25, 0.3) is 5.91 Å². The van der Waals surface area contributed by atoms with Crippen LogP contribution < -0.4 is 10.2 Å². The van der Waals surface area contributed by atoms with Crippen molar-refractivity contribution in [2.24, 2.45) is 0 Å². The Hall–Kier alpha value is -2.61. The number of halogens is 2. The van der Waals surface area contributed by atoms with Gasteiger partial charge in [0.15, 0.2) is 0 Å². The summed E-state index contributed by atoms with van der Waals surface area (Å²) in [5.74, 6) is -1.52. The predicted molar refractivity (Wildman–Crippen MR) is 87.3 cm³/mol. The Labute approximate surface area is 143 Å². The summed E-state index contributed by atoms with van der Waals surface area (Å²) in [5.41, 5.74) is 0.140. The minimum Gasteiger partial charge on any atom is -0.378 e. The summed E-state index contributed by atoms with van der Waals surface area (Å²) >= 11 is 0. The smallest absolute Gasteiger partial charge is 0.257 e. The van der Waals surface area contributed by atoms with Crippen LogP contribution in [0.1, 0.15) is 21.9 Å². The number of aryl methyl sites for hydroxylation is 1. The number of anilines is 1. The van der Waals surface area contributed by atoms with Gasteiger partial charge in [-0.2, -0.15) is 0 Å². The van der Waals surface area contributed by atoms with Crippen LogP contribution in [0.3, 0.4) is 0 Å². The number of ether oxygens (including phenoxy) is 1. The molecule has 1 N–H and O–H groups in total. The number of nitrogens with zero attached hydrogens (tertiary/aromatic N) is 3. The lowest BCUT2D eigenvalue weighted by Crippen LogP contribution is -2.37. The van der Waals surface area contributed by atoms with Gasteiger partial charge in [0, 0.05) is 24.8 Å². The minimum absolute atomic E-state index is 0.0222. The molecule has 0 unspecified atom stereocenters. The van der Waals surface area contributed by atoms with Crippen LogP contribution in [0.15, 0.2) is 24.3 Å². The zero-order valence-electron chi connectivity index (χ0n) is 13.8. The molecule has 8 heteroatoms. The molecule has 1 aromatic heterocycles. The van der Waals surface area contributed by atoms with Gasteiger partial charge in [0.05, 0.1) is 19.8 Å². The van der Waals surface area contributed by atoms with E-state index in [0.29, 0.717) is 19.0 Å². The van der Waals surface area contributed by atoms with E-state index in [1.807, 2.05) is 13.0 Å². The molecule has 3 rings (SSSR count). The van der Waals surface area contributed by atoms with Gasteiger partial charge in [-0.25, -0.2) is 18.7 Å². The van der Waals surface area contributed by atoms with Crippen LogP contribution in [0.25, 0.3) is 0 Å². The van der Waals surface area contributed by atoms with E-state index in [0.717, 1.165) is 36.7 Å². The van der Waals surface area contributed by atoms with Gasteiger partial charge in [0.2, 0.25) is 0 Å². The summed E-state index contributed by atoms with van der Waals surface area (Å²) in [7, 11) is 0. The number of nitrogens with one attached hydrogen (secondary N) is 1. The summed E-state index contributed by atoms with van der Waals surface area (Å²) < 4.78 is 32.6. The topological polar surface area (TPSA) is 67.3 Å². The molecule has 0 bridgehead atoms. The van der Waals surface area contributed by atoms with Gasteiger partial charge in [-0.3, -0.25) is 4.79 Å². The van der Waals surface area contributed by atoms with Crippen LogP contribution in [-0.4, -0.2) is 42.2 Å². The first-order chi connectivity index (χ1) is 12.0. The molecule has 2 aromatic rings. The Morgan fingerprint density at radius 3 is 2.60 bits per heavy atom. The molecule has 25 heavy (non-hydrogen) atoms. The van der Waals surface area contributed by atoms with Gasteiger partial charge in [-0.15, -0.1) is 0 Å². The van der Waals surface area contributed by atoms with Crippen molar-refractivity contribution >= 4 is 11.7 Å². The van der Waals surface area contributed by atoms with E-state index >= 15 is 0 Å². The number of rotatable bonds is 4. The van der Waals surface area contributed by atoms with Gasteiger partial charge in [-0.1, -0.05) is 6.07 Å². The predicted octanol–water partition coefficient (Wildman–Crippen LogP) is 1.83. The van der Waals surface area contributed by atoms with Crippen molar-refractivity contribution < 1.29 is 18.3 Å². The molecule has 0 radical (unpaired) electrons. The molecule has 132 valence electrons. The Morgan fingerprint density at radius 2 is 1.92 bits per heavy atom. The molecule has 6 nitrogen and oxygen atoms in total. The van der Waals surface area contributed by atoms with E-state index in [9.17, 15) is 13.6 Å². The average Bonchev–Trinajstić information content (AvgIpc) is 2.60. The van der Waals surface area contributed by atoms with Crippen LogP contribution in [-0.2, 0) is 11.3 Å². The number of aromatic nitrogens is 2. The maximum Gasteiger partial charge on any atom is 0.257 e. The summed E-state index contributed by atoms with van der Waals surface area (Å²) in [6, 6.07) is 5.14. The molecule has 1 aliphatic heterocycles. The largest absolute Gasteiger partial charge is 0.378 e. The Bertz CT molecular complexity index is 759. The SMILES string of the molecule is Cc1cc(N2CCOCC2)nc(CNC(=O)c2c(F)cccc2F)n1. The maximum absolute atomic E-state index is 13.6. The molecule has 0 aliphatic carbocycles. The third kappa shape index (κ3) is 4.08. The van der Waals surface area contributed by atoms with Gasteiger partial charge < -0.3 is 15.0 Å². The number of amides is 1. The lowest BCUT2D eigenvalue weighted by atomic mass is 10.2. The third-order valence-electron chi connectivity index (χ3n) is 3.82. The average molecular weight is 348 g/mol. The zero-order chi connectivity index (χ0) is 17.8. The fraction of sp³-hybridized carbons (Fsp3) is 0.353. The number of hydrogen-bond donors (Lipinski definition) is 1. The van der Waals surface area contributed by atoms with Crippen molar-refractivity contribution in [1.82, 2.24) is 15.3 Å². The molecular weight excluding hydrogens is 330 g/mol. The van der Waals surface area contributed by atoms with Crippen molar-refractivity contribution in [1.29, 1.82) is 0 Å². The Kier molecular flexibility index (Phi) is 5.18. The maximum atomic E-state index is 13.6. The van der Waals surface area contributed by atoms with Crippen molar-refractivity contribution in [3.05, 3.63) is 53.0 Å². The summed E-state index contributed by atoms with van der Waals surface area (Å²) in [4.78, 5) is 22.8. The van der Waals surface area contributed by atoms with Crippen molar-refractivity contribution in [3.63, 3.8) is 0 Å². The second kappa shape index (κ2) is 7.52. The Balaban J connectivity index is 1.72. The van der Waals surface area contributed by atoms with E-state index in [2.05, 4.69) is 20.2 Å². The number of hydrogen-bond acceptors (Lipinski definition) is 5. The van der Waals surface area contributed by atoms with Gasteiger partial charge in [0.1, 0.15) is 28.8 Å². The van der Waals surface area contributed by atoms with Crippen molar-refractivity contribution in [2.45, 2.75) is 13.5 Å². The fourth-order valence-corrected chi connectivity index (χ4v) is 2.61. The lowest BCUT2D eigenvalue weighted by Gasteiger charge is -2.28. The number of benzene rings is 1. The minimum atomic E-state index is -0.906. The summed E-state index contributed by atoms with van der Waals surface area (Å²) in [5, 5.41) is 2.47. The third-order valence-corrected chi connectivity index (χ3v) is 3.82. The Morgan fingerprint density at radius 1 is 1.24 bits per heavy atom. The molecule has 1 aromatic carbocycles. The van der Waals surface area contributed by atoms with E-state index in [1.54, 1.807) is 0 Å². The summed E-state index contributed by atoms with van der Waals surface area (Å²) in [6.45, 7) is 4.51. The van der Waals surface area contributed by atoms with E-state index in [4.69, 9.17) is 4.74 Å². The van der Waals surface area contributed by atoms with Crippen LogP contribution in [0, 0.1) is 18.6 Å². The van der Waals surface area contributed by atoms with Gasteiger partial charge in [-0.05, 0) is 19.1 Å². The molecule has 0 atom stereocenters. The zero-order valence-corrected chi connectivity index (χ0v) is 13.8. The first-order valence-corrected chi connectivity index (χ1v) is 7.94. The molecule has 0 saturated carbocycles. The highest BCUT2D eigenvalue weighted by Crippen LogP contribution is 2.15. The van der Waals surface area contributed by atoms with Gasteiger partial charge >= 0.3 is 0 Å². The van der Waals surface area contributed by atoms with Crippen LogP contribution in [0.4, 0.5) is 14.6 Å². The monoisotopic (exact) mass is 348 g/mol. The highest BCUT2D eigenvalue weighted by Gasteiger charge is 2.18. The fourth-order valence-electron chi connectivity index (χ4n) is 2.61. The van der Waals surface area contributed by atoms with Crippen molar-refractivity contribution in [3.8, 4) is 0 Å². The van der Waals surface area contributed by atoms with E-state index < -0.39 is 23.1 Å². The van der Waals surface area contributed by atoms with Crippen LogP contribution >= 0.6 is 0 Å². The molecule has 2 heterocycles. The lowest BCUT2D eigenvalue weighted by molar-refractivity contribution is 0.0941. The van der Waals surface area contributed by atoms with Crippen molar-refractivity contribution in [2.75, 3.05) is 31.2 Å². The highest BCUT2D eigenvalue weighted by molar-refractivity contribution is 5.94. The number of carbonyl (C=O) groups is 1. The van der Waals surface area contributed by atoms with Crippen LogP contribution in [0.5, 0.6) is 0 Å². The number of morpholine rings is 1. The van der Waals surface area contributed by atoms with E-state index in [-0.39, 0.29) is 6.54 Å². The van der Waals surface area contributed by atoms with Crippen LogP contribution in [0.2, 0.25) is 0 Å². The molecule has 1 saturated heterocycles. The summed E-state index contributed by atoms with van der Waals surface area (Å²) in [6.07, 6.45) is 0. The molecular formula is C17H18F2N4O2. The normalized spacial score (nSPS) is 14.4. The standard InChI is InChI=1S/C17H18F2N4O2/c1-11-9-15(23-5-7-25-8-6-23)22-14(21-11)10-20-17(24)16-12(18)3-2-4-13(16)19/h2-4,9H,5-8,10H2,1H3,(H,20,24). The first kappa shape index (κ1) is 17.2. The molecule has 1 amide bonds. The number of carbonyl (C=O) groups excluding carboxylic acids is 1. The van der Waals surface area contributed by atoms with E-state index in [1.165, 1.54) is 6.07 Å². The second-order valence-electron chi connectivity index (χ2n) is 5.66. The molecule has 1 aliphatic rings.